The molecular weight excluding hydrogens is 250 g/mol. The van der Waals surface area contributed by atoms with E-state index >= 15 is 0 Å². The van der Waals surface area contributed by atoms with Crippen LogP contribution in [0.4, 0.5) is 5.69 Å². The third kappa shape index (κ3) is 3.11. The van der Waals surface area contributed by atoms with E-state index in [1.807, 2.05) is 35.0 Å². The average molecular weight is 264 g/mol. The summed E-state index contributed by atoms with van der Waals surface area (Å²) in [6.07, 6.45) is 6.35. The zero-order chi connectivity index (χ0) is 12.8. The zero-order valence-electron chi connectivity index (χ0n) is 9.84. The van der Waals surface area contributed by atoms with Crippen LogP contribution >= 0.6 is 11.6 Å². The van der Waals surface area contributed by atoms with Gasteiger partial charge in [0.15, 0.2) is 0 Å². The number of imidazole rings is 1. The monoisotopic (exact) mass is 263 g/mol. The molecule has 1 heterocycles. The van der Waals surface area contributed by atoms with Gasteiger partial charge in [0.1, 0.15) is 0 Å². The number of aromatic nitrogens is 2. The molecule has 0 fully saturated rings. The topological polar surface area (TPSA) is 46.9 Å². The number of nitrogens with zero attached hydrogens (tertiary/aromatic N) is 2. The summed E-state index contributed by atoms with van der Waals surface area (Å²) in [5, 5.41) is 2.89. The Bertz CT molecular complexity index is 511. The van der Waals surface area contributed by atoms with Gasteiger partial charge in [-0.05, 0) is 18.6 Å². The van der Waals surface area contributed by atoms with Crippen LogP contribution < -0.4 is 5.32 Å². The molecule has 2 rings (SSSR count). The van der Waals surface area contributed by atoms with Crippen molar-refractivity contribution in [1.82, 2.24) is 9.55 Å². The van der Waals surface area contributed by atoms with Crippen molar-refractivity contribution in [3.8, 4) is 5.69 Å². The Morgan fingerprint density at radius 1 is 1.39 bits per heavy atom. The largest absolute Gasteiger partial charge is 0.324 e. The molecule has 0 atom stereocenters. The van der Waals surface area contributed by atoms with E-state index in [4.69, 9.17) is 11.6 Å². The second-order valence-corrected chi connectivity index (χ2v) is 4.21. The Labute approximate surface area is 111 Å². The van der Waals surface area contributed by atoms with Crippen LogP contribution in [0, 0.1) is 0 Å². The summed E-state index contributed by atoms with van der Waals surface area (Å²) >= 11 is 5.57. The predicted octanol–water partition coefficient (Wildman–Crippen LogP) is 2.83. The highest BCUT2D eigenvalue weighted by atomic mass is 35.5. The van der Waals surface area contributed by atoms with Gasteiger partial charge in [0, 0.05) is 24.7 Å². The number of halogens is 1. The van der Waals surface area contributed by atoms with Crippen molar-refractivity contribution in [2.24, 2.45) is 0 Å². The minimum atomic E-state index is -0.0248. The summed E-state index contributed by atoms with van der Waals surface area (Å²) in [4.78, 5) is 15.7. The minimum absolute atomic E-state index is 0.0248. The van der Waals surface area contributed by atoms with E-state index in [1.165, 1.54) is 0 Å². The van der Waals surface area contributed by atoms with Gasteiger partial charge >= 0.3 is 0 Å². The Morgan fingerprint density at radius 3 is 2.94 bits per heavy atom. The average Bonchev–Trinajstić information content (AvgIpc) is 2.91. The lowest BCUT2D eigenvalue weighted by Crippen LogP contribution is -2.13. The summed E-state index contributed by atoms with van der Waals surface area (Å²) < 4.78 is 1.86. The molecule has 0 bridgehead atoms. The third-order valence-electron chi connectivity index (χ3n) is 2.50. The third-order valence-corrected chi connectivity index (χ3v) is 2.77. The van der Waals surface area contributed by atoms with Crippen LogP contribution in [0.25, 0.3) is 5.69 Å². The lowest BCUT2D eigenvalue weighted by Gasteiger charge is -2.11. The highest BCUT2D eigenvalue weighted by Crippen LogP contribution is 2.19. The molecule has 5 heteroatoms. The number of amides is 1. The van der Waals surface area contributed by atoms with Gasteiger partial charge in [0.2, 0.25) is 5.91 Å². The fourth-order valence-electron chi connectivity index (χ4n) is 1.65. The van der Waals surface area contributed by atoms with Crippen LogP contribution in [0.2, 0.25) is 0 Å². The Hall–Kier alpha value is -1.81. The van der Waals surface area contributed by atoms with Gasteiger partial charge in [0.25, 0.3) is 0 Å². The predicted molar refractivity (Wildman–Crippen MR) is 72.1 cm³/mol. The highest BCUT2D eigenvalue weighted by molar-refractivity contribution is 6.18. The van der Waals surface area contributed by atoms with Gasteiger partial charge in [-0.1, -0.05) is 12.1 Å². The fraction of sp³-hybridized carbons (Fsp3) is 0.231. The quantitative estimate of drug-likeness (QED) is 0.843. The molecule has 0 unspecified atom stereocenters. The molecule has 2 aromatic rings. The number of rotatable bonds is 5. The standard InChI is InChI=1S/C13H14ClN3O/c14-7-3-6-13(18)16-11-4-1-2-5-12(11)17-9-8-15-10-17/h1-2,4-5,8-10H,3,6-7H2,(H,16,18). The number of hydrogen-bond acceptors (Lipinski definition) is 2. The minimum Gasteiger partial charge on any atom is -0.324 e. The van der Waals surface area contributed by atoms with Gasteiger partial charge in [0.05, 0.1) is 17.7 Å². The number of hydrogen-bond donors (Lipinski definition) is 1. The first-order chi connectivity index (χ1) is 8.81. The summed E-state index contributed by atoms with van der Waals surface area (Å²) in [7, 11) is 0. The SMILES string of the molecule is O=C(CCCCl)Nc1ccccc1-n1ccnc1. The van der Waals surface area contributed by atoms with E-state index in [0.29, 0.717) is 18.7 Å². The van der Waals surface area contributed by atoms with Crippen LogP contribution in [0.1, 0.15) is 12.8 Å². The number of carbonyl (C=O) groups excluding carboxylic acids is 1. The van der Waals surface area contributed by atoms with Crippen molar-refractivity contribution in [1.29, 1.82) is 0 Å². The van der Waals surface area contributed by atoms with Crippen molar-refractivity contribution in [3.63, 3.8) is 0 Å². The second kappa shape index (κ2) is 6.21. The number of nitrogens with one attached hydrogen (secondary N) is 1. The first kappa shape index (κ1) is 12.6. The molecule has 0 aliphatic rings. The molecule has 0 aliphatic heterocycles. The van der Waals surface area contributed by atoms with E-state index in [1.54, 1.807) is 12.5 Å². The van der Waals surface area contributed by atoms with Crippen molar-refractivity contribution >= 4 is 23.2 Å². The van der Waals surface area contributed by atoms with Gasteiger partial charge in [-0.3, -0.25) is 4.79 Å². The highest BCUT2D eigenvalue weighted by Gasteiger charge is 2.07. The molecule has 0 saturated carbocycles. The maximum atomic E-state index is 11.7. The second-order valence-electron chi connectivity index (χ2n) is 3.83. The maximum Gasteiger partial charge on any atom is 0.224 e. The summed E-state index contributed by atoms with van der Waals surface area (Å²) in [5.41, 5.74) is 1.67. The number of para-hydroxylation sites is 2. The molecule has 1 N–H and O–H groups in total. The van der Waals surface area contributed by atoms with Gasteiger partial charge in [-0.25, -0.2) is 4.98 Å². The van der Waals surface area contributed by atoms with E-state index in [9.17, 15) is 4.79 Å². The Kier molecular flexibility index (Phi) is 4.36. The van der Waals surface area contributed by atoms with Crippen molar-refractivity contribution in [2.75, 3.05) is 11.2 Å². The molecule has 0 aliphatic carbocycles. The molecule has 1 amide bonds. The van der Waals surface area contributed by atoms with E-state index in [0.717, 1.165) is 11.4 Å². The molecule has 1 aromatic heterocycles. The van der Waals surface area contributed by atoms with Crippen LogP contribution in [0.15, 0.2) is 43.0 Å². The number of anilines is 1. The molecule has 94 valence electrons. The molecule has 1 aromatic carbocycles. The van der Waals surface area contributed by atoms with Crippen molar-refractivity contribution in [2.45, 2.75) is 12.8 Å². The summed E-state index contributed by atoms with van der Waals surface area (Å²) in [6, 6.07) is 7.61. The van der Waals surface area contributed by atoms with Gasteiger partial charge < -0.3 is 9.88 Å². The first-order valence-electron chi connectivity index (χ1n) is 5.74. The smallest absolute Gasteiger partial charge is 0.224 e. The van der Waals surface area contributed by atoms with Gasteiger partial charge in [-0.2, -0.15) is 0 Å². The zero-order valence-corrected chi connectivity index (χ0v) is 10.6. The van der Waals surface area contributed by atoms with Crippen LogP contribution in [0.5, 0.6) is 0 Å². The van der Waals surface area contributed by atoms with E-state index in [2.05, 4.69) is 10.3 Å². The summed E-state index contributed by atoms with van der Waals surface area (Å²) in [6.45, 7) is 0. The molecular formula is C13H14ClN3O. The van der Waals surface area contributed by atoms with E-state index in [-0.39, 0.29) is 5.91 Å². The fourth-order valence-corrected chi connectivity index (χ4v) is 1.78. The maximum absolute atomic E-state index is 11.7. The van der Waals surface area contributed by atoms with Crippen molar-refractivity contribution < 1.29 is 4.79 Å². The Morgan fingerprint density at radius 2 is 2.22 bits per heavy atom. The molecule has 4 nitrogen and oxygen atoms in total. The van der Waals surface area contributed by atoms with E-state index < -0.39 is 0 Å². The number of alkyl halides is 1. The van der Waals surface area contributed by atoms with Crippen LogP contribution in [-0.2, 0) is 4.79 Å². The number of benzene rings is 1. The Balaban J connectivity index is 2.16. The van der Waals surface area contributed by atoms with Crippen molar-refractivity contribution in [3.05, 3.63) is 43.0 Å². The lowest BCUT2D eigenvalue weighted by molar-refractivity contribution is -0.116. The van der Waals surface area contributed by atoms with Gasteiger partial charge in [-0.15, -0.1) is 11.6 Å². The van der Waals surface area contributed by atoms with Crippen LogP contribution in [-0.4, -0.2) is 21.3 Å². The van der Waals surface area contributed by atoms with Crippen LogP contribution in [0.3, 0.4) is 0 Å². The molecule has 0 spiro atoms. The summed E-state index contributed by atoms with van der Waals surface area (Å²) in [5.74, 6) is 0.472. The first-order valence-corrected chi connectivity index (χ1v) is 6.28. The molecule has 0 saturated heterocycles. The number of carbonyl (C=O) groups is 1. The molecule has 18 heavy (non-hydrogen) atoms. The normalized spacial score (nSPS) is 10.3. The lowest BCUT2D eigenvalue weighted by atomic mass is 10.2. The molecule has 0 radical (unpaired) electrons.